The van der Waals surface area contributed by atoms with Crippen molar-refractivity contribution in [3.63, 3.8) is 0 Å². The van der Waals surface area contributed by atoms with Crippen molar-refractivity contribution in [2.75, 3.05) is 19.5 Å². The molecule has 1 unspecified atom stereocenters. The summed E-state index contributed by atoms with van der Waals surface area (Å²) in [6.45, 7) is 1.90. The predicted octanol–water partition coefficient (Wildman–Crippen LogP) is 4.06. The number of aromatic nitrogens is 1. The van der Waals surface area contributed by atoms with Gasteiger partial charge in [-0.05, 0) is 18.6 Å². The van der Waals surface area contributed by atoms with Crippen molar-refractivity contribution in [2.24, 2.45) is 0 Å². The molecule has 1 aromatic heterocycles. The number of nitrogens with zero attached hydrogens (tertiary/aromatic N) is 1. The Morgan fingerprint density at radius 3 is 2.48 bits per heavy atom. The molecule has 0 aliphatic carbocycles. The van der Waals surface area contributed by atoms with Crippen LogP contribution in [0.15, 0.2) is 30.6 Å². The quantitative estimate of drug-likeness (QED) is 0.904. The van der Waals surface area contributed by atoms with E-state index in [1.807, 2.05) is 6.92 Å². The van der Waals surface area contributed by atoms with Crippen LogP contribution in [-0.2, 0) is 0 Å². The van der Waals surface area contributed by atoms with Crippen molar-refractivity contribution in [2.45, 2.75) is 13.0 Å². The Bertz CT molecular complexity index is 637. The van der Waals surface area contributed by atoms with Gasteiger partial charge in [0, 0.05) is 18.3 Å². The molecule has 4 nitrogen and oxygen atoms in total. The highest BCUT2D eigenvalue weighted by Gasteiger charge is 2.13. The molecule has 0 amide bonds. The topological polar surface area (TPSA) is 43.4 Å². The molecule has 0 bridgehead atoms. The number of hydrogen-bond donors (Lipinski definition) is 1. The molecule has 0 aliphatic heterocycles. The second kappa shape index (κ2) is 6.63. The van der Waals surface area contributed by atoms with Gasteiger partial charge >= 0.3 is 0 Å². The van der Waals surface area contributed by atoms with Crippen LogP contribution in [0.2, 0.25) is 5.02 Å². The summed E-state index contributed by atoms with van der Waals surface area (Å²) < 4.78 is 23.7. The molecule has 0 aliphatic rings. The van der Waals surface area contributed by atoms with E-state index in [0.29, 0.717) is 22.2 Å². The Kier molecular flexibility index (Phi) is 4.85. The maximum atomic E-state index is 13.2. The highest BCUT2D eigenvalue weighted by atomic mass is 35.5. The second-order valence-electron chi connectivity index (χ2n) is 4.49. The zero-order valence-electron chi connectivity index (χ0n) is 12.0. The molecule has 0 radical (unpaired) electrons. The van der Waals surface area contributed by atoms with Crippen LogP contribution in [0, 0.1) is 5.82 Å². The number of methoxy groups -OCH3 is 2. The highest BCUT2D eigenvalue weighted by molar-refractivity contribution is 6.32. The normalized spacial score (nSPS) is 11.9. The van der Waals surface area contributed by atoms with Gasteiger partial charge in [-0.1, -0.05) is 11.6 Å². The Labute approximate surface area is 127 Å². The molecule has 21 heavy (non-hydrogen) atoms. The van der Waals surface area contributed by atoms with E-state index < -0.39 is 0 Å². The van der Waals surface area contributed by atoms with Crippen molar-refractivity contribution in [3.8, 4) is 11.5 Å². The third-order valence-electron chi connectivity index (χ3n) is 3.07. The molecule has 1 N–H and O–H groups in total. The molecule has 0 saturated heterocycles. The van der Waals surface area contributed by atoms with E-state index in [-0.39, 0.29) is 11.9 Å². The molecule has 2 rings (SSSR count). The fourth-order valence-corrected chi connectivity index (χ4v) is 2.19. The van der Waals surface area contributed by atoms with Crippen LogP contribution >= 0.6 is 11.6 Å². The van der Waals surface area contributed by atoms with Gasteiger partial charge in [0.1, 0.15) is 17.3 Å². The Balaban J connectivity index is 2.29. The number of ether oxygens (including phenoxy) is 2. The van der Waals surface area contributed by atoms with Gasteiger partial charge < -0.3 is 14.8 Å². The number of anilines is 1. The summed E-state index contributed by atoms with van der Waals surface area (Å²) in [5.74, 6) is 0.739. The molecule has 112 valence electrons. The SMILES string of the molecule is COc1cc(NC(C)c2cncc(F)c2)c(OC)cc1Cl. The zero-order chi connectivity index (χ0) is 15.4. The first-order valence-corrected chi connectivity index (χ1v) is 6.71. The molecule has 0 saturated carbocycles. The highest BCUT2D eigenvalue weighted by Crippen LogP contribution is 2.37. The first-order valence-electron chi connectivity index (χ1n) is 6.33. The maximum absolute atomic E-state index is 13.2. The standard InChI is InChI=1S/C15H16ClFN2O2/c1-9(10-4-11(17)8-18-7-10)19-13-6-14(20-2)12(16)5-15(13)21-3/h4-9,19H,1-3H3. The molecular formula is C15H16ClFN2O2. The summed E-state index contributed by atoms with van der Waals surface area (Å²) >= 11 is 6.06. The zero-order valence-corrected chi connectivity index (χ0v) is 12.7. The van der Waals surface area contributed by atoms with Gasteiger partial charge in [-0.25, -0.2) is 4.39 Å². The number of rotatable bonds is 5. The van der Waals surface area contributed by atoms with Crippen molar-refractivity contribution in [1.29, 1.82) is 0 Å². The van der Waals surface area contributed by atoms with E-state index >= 15 is 0 Å². The van der Waals surface area contributed by atoms with Crippen LogP contribution in [0.3, 0.4) is 0 Å². The lowest BCUT2D eigenvalue weighted by Gasteiger charge is -2.19. The average Bonchev–Trinajstić information content (AvgIpc) is 2.48. The molecule has 1 aromatic carbocycles. The lowest BCUT2D eigenvalue weighted by atomic mass is 10.1. The minimum Gasteiger partial charge on any atom is -0.495 e. The molecule has 6 heteroatoms. The summed E-state index contributed by atoms with van der Waals surface area (Å²) in [7, 11) is 3.09. The number of halogens is 2. The first-order chi connectivity index (χ1) is 10.0. The van der Waals surface area contributed by atoms with Crippen LogP contribution in [0.5, 0.6) is 11.5 Å². The molecule has 2 aromatic rings. The van der Waals surface area contributed by atoms with Gasteiger partial charge in [-0.15, -0.1) is 0 Å². The Morgan fingerprint density at radius 1 is 1.14 bits per heavy atom. The predicted molar refractivity (Wildman–Crippen MR) is 80.8 cm³/mol. The van der Waals surface area contributed by atoms with Gasteiger partial charge in [0.15, 0.2) is 0 Å². The molecular weight excluding hydrogens is 295 g/mol. The van der Waals surface area contributed by atoms with Gasteiger partial charge in [0.25, 0.3) is 0 Å². The third-order valence-corrected chi connectivity index (χ3v) is 3.37. The fourth-order valence-electron chi connectivity index (χ4n) is 1.95. The molecule has 1 heterocycles. The fraction of sp³-hybridized carbons (Fsp3) is 0.267. The summed E-state index contributed by atoms with van der Waals surface area (Å²) in [6, 6.07) is 4.68. The van der Waals surface area contributed by atoms with E-state index in [1.165, 1.54) is 19.4 Å². The summed E-state index contributed by atoms with van der Waals surface area (Å²) in [5, 5.41) is 3.69. The molecule has 0 fully saturated rings. The second-order valence-corrected chi connectivity index (χ2v) is 4.90. The summed E-state index contributed by atoms with van der Waals surface area (Å²) in [6.07, 6.45) is 2.78. The van der Waals surface area contributed by atoms with E-state index in [0.717, 1.165) is 5.56 Å². The Hall–Kier alpha value is -2.01. The largest absolute Gasteiger partial charge is 0.495 e. The van der Waals surface area contributed by atoms with Crippen LogP contribution in [0.4, 0.5) is 10.1 Å². The first kappa shape index (κ1) is 15.4. The Morgan fingerprint density at radius 2 is 1.86 bits per heavy atom. The van der Waals surface area contributed by atoms with E-state index in [9.17, 15) is 4.39 Å². The molecule has 1 atom stereocenters. The number of hydrogen-bond acceptors (Lipinski definition) is 4. The van der Waals surface area contributed by atoms with Gasteiger partial charge in [0.05, 0.1) is 37.2 Å². The summed E-state index contributed by atoms with van der Waals surface area (Å²) in [5.41, 5.74) is 1.43. The van der Waals surface area contributed by atoms with Gasteiger partial charge in [-0.3, -0.25) is 4.98 Å². The van der Waals surface area contributed by atoms with Crippen LogP contribution in [0.1, 0.15) is 18.5 Å². The number of nitrogens with one attached hydrogen (secondary N) is 1. The van der Waals surface area contributed by atoms with Gasteiger partial charge in [0.2, 0.25) is 0 Å². The van der Waals surface area contributed by atoms with Crippen molar-refractivity contribution in [3.05, 3.63) is 47.0 Å². The lowest BCUT2D eigenvalue weighted by molar-refractivity contribution is 0.404. The average molecular weight is 311 g/mol. The smallest absolute Gasteiger partial charge is 0.143 e. The maximum Gasteiger partial charge on any atom is 0.143 e. The number of pyridine rings is 1. The van der Waals surface area contributed by atoms with E-state index in [1.54, 1.807) is 25.4 Å². The van der Waals surface area contributed by atoms with Crippen LogP contribution < -0.4 is 14.8 Å². The van der Waals surface area contributed by atoms with Crippen molar-refractivity contribution < 1.29 is 13.9 Å². The lowest BCUT2D eigenvalue weighted by Crippen LogP contribution is -2.08. The van der Waals surface area contributed by atoms with E-state index in [2.05, 4.69) is 10.3 Å². The third kappa shape index (κ3) is 3.55. The van der Waals surface area contributed by atoms with E-state index in [4.69, 9.17) is 21.1 Å². The summed E-state index contributed by atoms with van der Waals surface area (Å²) in [4.78, 5) is 3.85. The minimum atomic E-state index is -0.373. The van der Waals surface area contributed by atoms with Crippen molar-refractivity contribution >= 4 is 17.3 Å². The van der Waals surface area contributed by atoms with Gasteiger partial charge in [-0.2, -0.15) is 0 Å². The van der Waals surface area contributed by atoms with Crippen LogP contribution in [0.25, 0.3) is 0 Å². The molecule has 0 spiro atoms. The van der Waals surface area contributed by atoms with Crippen LogP contribution in [-0.4, -0.2) is 19.2 Å². The monoisotopic (exact) mass is 310 g/mol. The number of benzene rings is 1. The minimum absolute atomic E-state index is 0.159. The van der Waals surface area contributed by atoms with Crippen molar-refractivity contribution in [1.82, 2.24) is 4.98 Å².